The SMILES string of the molecule is CCN1CCOC(CNCC2CCC(C)O2)C1. The monoisotopic (exact) mass is 242 g/mol. The first kappa shape index (κ1) is 13.3. The molecule has 0 spiro atoms. The molecule has 0 aromatic carbocycles. The first-order chi connectivity index (χ1) is 8.28. The second-order valence-electron chi connectivity index (χ2n) is 5.19. The molecule has 3 atom stereocenters. The van der Waals surface area contributed by atoms with Gasteiger partial charge in [0.05, 0.1) is 24.9 Å². The molecule has 17 heavy (non-hydrogen) atoms. The summed E-state index contributed by atoms with van der Waals surface area (Å²) in [6, 6.07) is 0. The Balaban J connectivity index is 1.58. The number of likely N-dealkylation sites (N-methyl/N-ethyl adjacent to an activating group) is 1. The molecule has 0 aromatic rings. The van der Waals surface area contributed by atoms with E-state index in [1.807, 2.05) is 0 Å². The molecule has 0 saturated carbocycles. The van der Waals surface area contributed by atoms with Crippen LogP contribution in [0.1, 0.15) is 26.7 Å². The molecule has 0 aliphatic carbocycles. The highest BCUT2D eigenvalue weighted by Crippen LogP contribution is 2.18. The van der Waals surface area contributed by atoms with E-state index in [0.29, 0.717) is 18.3 Å². The lowest BCUT2D eigenvalue weighted by atomic mass is 10.2. The Morgan fingerprint density at radius 1 is 1.24 bits per heavy atom. The molecule has 2 aliphatic heterocycles. The fourth-order valence-electron chi connectivity index (χ4n) is 2.63. The molecule has 1 N–H and O–H groups in total. The van der Waals surface area contributed by atoms with E-state index in [-0.39, 0.29) is 0 Å². The molecule has 2 saturated heterocycles. The summed E-state index contributed by atoms with van der Waals surface area (Å²) in [5, 5.41) is 3.49. The van der Waals surface area contributed by atoms with Gasteiger partial charge < -0.3 is 14.8 Å². The van der Waals surface area contributed by atoms with Crippen molar-refractivity contribution in [3.63, 3.8) is 0 Å². The second kappa shape index (κ2) is 6.69. The van der Waals surface area contributed by atoms with Crippen LogP contribution in [0, 0.1) is 0 Å². The average Bonchev–Trinajstić information content (AvgIpc) is 2.75. The van der Waals surface area contributed by atoms with Gasteiger partial charge in [-0.1, -0.05) is 6.92 Å². The largest absolute Gasteiger partial charge is 0.374 e. The van der Waals surface area contributed by atoms with Gasteiger partial charge in [-0.2, -0.15) is 0 Å². The van der Waals surface area contributed by atoms with Crippen LogP contribution in [0.4, 0.5) is 0 Å². The van der Waals surface area contributed by atoms with Crippen LogP contribution >= 0.6 is 0 Å². The zero-order valence-corrected chi connectivity index (χ0v) is 11.2. The highest BCUT2D eigenvalue weighted by molar-refractivity contribution is 4.76. The van der Waals surface area contributed by atoms with Crippen molar-refractivity contribution in [2.45, 2.75) is 45.0 Å². The summed E-state index contributed by atoms with van der Waals surface area (Å²) in [5.41, 5.74) is 0. The van der Waals surface area contributed by atoms with Gasteiger partial charge in [-0.05, 0) is 26.3 Å². The molecule has 3 unspecified atom stereocenters. The van der Waals surface area contributed by atoms with Crippen LogP contribution in [-0.4, -0.2) is 62.5 Å². The van der Waals surface area contributed by atoms with Crippen LogP contribution in [0.15, 0.2) is 0 Å². The summed E-state index contributed by atoms with van der Waals surface area (Å²) >= 11 is 0. The Morgan fingerprint density at radius 2 is 2.06 bits per heavy atom. The minimum absolute atomic E-state index is 0.350. The third kappa shape index (κ3) is 4.21. The second-order valence-corrected chi connectivity index (χ2v) is 5.19. The van der Waals surface area contributed by atoms with Crippen LogP contribution in [0.5, 0.6) is 0 Å². The number of nitrogens with one attached hydrogen (secondary N) is 1. The zero-order valence-electron chi connectivity index (χ0n) is 11.2. The van der Waals surface area contributed by atoms with Crippen LogP contribution in [0.2, 0.25) is 0 Å². The molecule has 2 aliphatic rings. The molecule has 0 aromatic heterocycles. The van der Waals surface area contributed by atoms with Crippen molar-refractivity contribution >= 4 is 0 Å². The van der Waals surface area contributed by atoms with Gasteiger partial charge in [0.15, 0.2) is 0 Å². The quantitative estimate of drug-likeness (QED) is 0.775. The number of nitrogens with zero attached hydrogens (tertiary/aromatic N) is 1. The highest BCUT2D eigenvalue weighted by atomic mass is 16.5. The Bertz CT molecular complexity index is 225. The van der Waals surface area contributed by atoms with Gasteiger partial charge >= 0.3 is 0 Å². The van der Waals surface area contributed by atoms with Crippen molar-refractivity contribution in [3.8, 4) is 0 Å². The molecule has 0 radical (unpaired) electrons. The fraction of sp³-hybridized carbons (Fsp3) is 1.00. The summed E-state index contributed by atoms with van der Waals surface area (Å²) in [4.78, 5) is 2.45. The molecule has 2 heterocycles. The molecule has 2 fully saturated rings. The lowest BCUT2D eigenvalue weighted by Gasteiger charge is -2.32. The van der Waals surface area contributed by atoms with E-state index in [0.717, 1.165) is 39.3 Å². The van der Waals surface area contributed by atoms with E-state index in [1.54, 1.807) is 0 Å². The van der Waals surface area contributed by atoms with E-state index in [4.69, 9.17) is 9.47 Å². The molecule has 100 valence electrons. The third-order valence-electron chi connectivity index (χ3n) is 3.73. The molecule has 0 amide bonds. The standard InChI is InChI=1S/C13H26N2O2/c1-3-15-6-7-16-13(10-15)9-14-8-12-5-4-11(2)17-12/h11-14H,3-10H2,1-2H3. The smallest absolute Gasteiger partial charge is 0.0826 e. The number of ether oxygens (including phenoxy) is 2. The summed E-state index contributed by atoms with van der Waals surface area (Å²) in [6.07, 6.45) is 3.61. The predicted molar refractivity (Wildman–Crippen MR) is 68.3 cm³/mol. The van der Waals surface area contributed by atoms with E-state index in [9.17, 15) is 0 Å². The maximum Gasteiger partial charge on any atom is 0.0826 e. The Kier molecular flexibility index (Phi) is 5.22. The molecule has 4 nitrogen and oxygen atoms in total. The van der Waals surface area contributed by atoms with Crippen molar-refractivity contribution in [2.75, 3.05) is 39.3 Å². The van der Waals surface area contributed by atoms with Crippen LogP contribution in [0.3, 0.4) is 0 Å². The van der Waals surface area contributed by atoms with E-state index in [1.165, 1.54) is 12.8 Å². The minimum Gasteiger partial charge on any atom is -0.374 e. The molecule has 0 bridgehead atoms. The lowest BCUT2D eigenvalue weighted by Crippen LogP contribution is -2.47. The molecular formula is C13H26N2O2. The highest BCUT2D eigenvalue weighted by Gasteiger charge is 2.23. The van der Waals surface area contributed by atoms with Crippen LogP contribution in [-0.2, 0) is 9.47 Å². The maximum absolute atomic E-state index is 5.78. The van der Waals surface area contributed by atoms with Gasteiger partial charge in [0.25, 0.3) is 0 Å². The molecular weight excluding hydrogens is 216 g/mol. The Morgan fingerprint density at radius 3 is 2.76 bits per heavy atom. The van der Waals surface area contributed by atoms with Gasteiger partial charge in [0, 0.05) is 26.2 Å². The molecule has 4 heteroatoms. The van der Waals surface area contributed by atoms with E-state index in [2.05, 4.69) is 24.1 Å². The van der Waals surface area contributed by atoms with Crippen molar-refractivity contribution in [3.05, 3.63) is 0 Å². The summed E-state index contributed by atoms with van der Waals surface area (Å²) in [6.45, 7) is 10.4. The minimum atomic E-state index is 0.350. The van der Waals surface area contributed by atoms with Crippen molar-refractivity contribution in [2.24, 2.45) is 0 Å². The Hall–Kier alpha value is -0.160. The first-order valence-corrected chi connectivity index (χ1v) is 6.98. The van der Waals surface area contributed by atoms with Gasteiger partial charge in [0.2, 0.25) is 0 Å². The number of hydrogen-bond acceptors (Lipinski definition) is 4. The predicted octanol–water partition coefficient (Wildman–Crippen LogP) is 0.864. The van der Waals surface area contributed by atoms with Crippen molar-refractivity contribution in [1.82, 2.24) is 10.2 Å². The number of rotatable bonds is 5. The van der Waals surface area contributed by atoms with Gasteiger partial charge in [-0.25, -0.2) is 0 Å². The topological polar surface area (TPSA) is 33.7 Å². The van der Waals surface area contributed by atoms with Gasteiger partial charge in [-0.3, -0.25) is 4.90 Å². The summed E-state index contributed by atoms with van der Waals surface area (Å²) in [5.74, 6) is 0. The average molecular weight is 242 g/mol. The van der Waals surface area contributed by atoms with Crippen LogP contribution in [0.25, 0.3) is 0 Å². The fourth-order valence-corrected chi connectivity index (χ4v) is 2.63. The van der Waals surface area contributed by atoms with E-state index >= 15 is 0 Å². The third-order valence-corrected chi connectivity index (χ3v) is 3.73. The number of hydrogen-bond donors (Lipinski definition) is 1. The summed E-state index contributed by atoms with van der Waals surface area (Å²) in [7, 11) is 0. The first-order valence-electron chi connectivity index (χ1n) is 6.98. The molecule has 2 rings (SSSR count). The van der Waals surface area contributed by atoms with Gasteiger partial charge in [0.1, 0.15) is 0 Å². The van der Waals surface area contributed by atoms with Gasteiger partial charge in [-0.15, -0.1) is 0 Å². The maximum atomic E-state index is 5.78. The lowest BCUT2D eigenvalue weighted by molar-refractivity contribution is -0.0271. The Labute approximate surface area is 105 Å². The summed E-state index contributed by atoms with van der Waals surface area (Å²) < 4.78 is 11.5. The normalized spacial score (nSPS) is 35.3. The van der Waals surface area contributed by atoms with Crippen molar-refractivity contribution < 1.29 is 9.47 Å². The zero-order chi connectivity index (χ0) is 12.1. The number of morpholine rings is 1. The van der Waals surface area contributed by atoms with Crippen molar-refractivity contribution in [1.29, 1.82) is 0 Å². The van der Waals surface area contributed by atoms with Crippen LogP contribution < -0.4 is 5.32 Å². The van der Waals surface area contributed by atoms with E-state index < -0.39 is 0 Å².